The Hall–Kier alpha value is -0.560. The third kappa shape index (κ3) is 3.66. The van der Waals surface area contributed by atoms with Gasteiger partial charge in [-0.25, -0.2) is 0 Å². The molecule has 3 fully saturated rings. The summed E-state index contributed by atoms with van der Waals surface area (Å²) in [7, 11) is 0. The first-order chi connectivity index (χ1) is 14.0. The van der Waals surface area contributed by atoms with Crippen molar-refractivity contribution in [3.63, 3.8) is 0 Å². The van der Waals surface area contributed by atoms with Crippen molar-refractivity contribution in [2.45, 2.75) is 112 Å². The van der Waals surface area contributed by atoms with Gasteiger partial charge in [0.15, 0.2) is 0 Å². The molecule has 0 aromatic heterocycles. The van der Waals surface area contributed by atoms with Crippen molar-refractivity contribution >= 4 is 0 Å². The van der Waals surface area contributed by atoms with E-state index in [0.717, 1.165) is 36.5 Å². The van der Waals surface area contributed by atoms with Gasteiger partial charge in [0.05, 0.1) is 6.10 Å². The highest BCUT2D eigenvalue weighted by Crippen LogP contribution is 2.67. The first kappa shape index (κ1) is 22.6. The molecule has 2 unspecified atom stereocenters. The molecule has 4 aliphatic rings. The summed E-state index contributed by atoms with van der Waals surface area (Å²) in [6.45, 7) is 19.1. The molecular formula is C29H48O. The summed E-state index contributed by atoms with van der Waals surface area (Å²) < 4.78 is 0. The highest BCUT2D eigenvalue weighted by Gasteiger charge is 2.58. The van der Waals surface area contributed by atoms with Crippen LogP contribution in [-0.4, -0.2) is 11.2 Å². The van der Waals surface area contributed by atoms with Gasteiger partial charge in [-0.2, -0.15) is 0 Å². The van der Waals surface area contributed by atoms with Crippen LogP contribution in [0.3, 0.4) is 0 Å². The molecule has 1 heteroatoms. The van der Waals surface area contributed by atoms with Crippen molar-refractivity contribution in [3.8, 4) is 0 Å². The van der Waals surface area contributed by atoms with Crippen molar-refractivity contribution in [1.29, 1.82) is 0 Å². The lowest BCUT2D eigenvalue weighted by Crippen LogP contribution is -2.49. The molecule has 170 valence electrons. The Morgan fingerprint density at radius 1 is 1.10 bits per heavy atom. The normalized spacial score (nSPS) is 44.5. The molecule has 8 atom stereocenters. The summed E-state index contributed by atoms with van der Waals surface area (Å²) >= 11 is 0. The average Bonchev–Trinajstić information content (AvgIpc) is 3.03. The summed E-state index contributed by atoms with van der Waals surface area (Å²) in [4.78, 5) is 0. The Morgan fingerprint density at radius 3 is 2.47 bits per heavy atom. The number of aliphatic hydroxyl groups is 1. The van der Waals surface area contributed by atoms with Crippen LogP contribution >= 0.6 is 0 Å². The maximum Gasteiger partial charge on any atom is 0.0543 e. The van der Waals surface area contributed by atoms with Crippen LogP contribution in [0.2, 0.25) is 0 Å². The molecule has 0 amide bonds. The number of hydrogen-bond donors (Lipinski definition) is 1. The van der Waals surface area contributed by atoms with Gasteiger partial charge in [-0.1, -0.05) is 65.3 Å². The minimum atomic E-state index is -0.0496. The fourth-order valence-electron chi connectivity index (χ4n) is 8.44. The topological polar surface area (TPSA) is 20.2 Å². The van der Waals surface area contributed by atoms with E-state index in [1.165, 1.54) is 56.9 Å². The summed E-state index contributed by atoms with van der Waals surface area (Å²) in [5.41, 5.74) is 4.46. The quantitative estimate of drug-likeness (QED) is 0.464. The van der Waals surface area contributed by atoms with E-state index in [1.54, 1.807) is 0 Å². The Balaban J connectivity index is 1.49. The number of hydrogen-bond acceptors (Lipinski definition) is 1. The molecule has 4 aliphatic carbocycles. The van der Waals surface area contributed by atoms with Crippen LogP contribution < -0.4 is 0 Å². The second-order valence-corrected chi connectivity index (χ2v) is 13.3. The van der Waals surface area contributed by atoms with Gasteiger partial charge in [0, 0.05) is 0 Å². The number of allylic oxidation sites excluding steroid dienone is 3. The predicted molar refractivity (Wildman–Crippen MR) is 128 cm³/mol. The lowest BCUT2D eigenvalue weighted by molar-refractivity contribution is -0.0427. The van der Waals surface area contributed by atoms with Gasteiger partial charge < -0.3 is 5.11 Å². The van der Waals surface area contributed by atoms with Crippen molar-refractivity contribution in [1.82, 2.24) is 0 Å². The third-order valence-electron chi connectivity index (χ3n) is 10.8. The Bertz CT molecular complexity index is 696. The molecule has 0 aliphatic heterocycles. The highest BCUT2D eigenvalue weighted by molar-refractivity contribution is 5.27. The molecule has 30 heavy (non-hydrogen) atoms. The maximum absolute atomic E-state index is 10.3. The number of aliphatic hydroxyl groups excluding tert-OH is 1. The molecule has 0 heterocycles. The third-order valence-corrected chi connectivity index (χ3v) is 10.8. The van der Waals surface area contributed by atoms with Crippen LogP contribution in [0.5, 0.6) is 0 Å². The standard InChI is InChI=1S/C29H48O/c1-19(8-9-20(2)27(3,4)5)24-12-13-25-23-11-10-21-18-22(30)14-16-28(21,6)26(23)15-17-29(24,25)7/h11,19,21-22,24-26,30H,2,8-10,12-18H2,1,3-7H3/t19-,21?,22?,24-,25+,26+,28+,29-/m1/s1. The van der Waals surface area contributed by atoms with E-state index < -0.39 is 0 Å². The van der Waals surface area contributed by atoms with Crippen molar-refractivity contribution in [2.75, 3.05) is 0 Å². The lowest BCUT2D eigenvalue weighted by Gasteiger charge is -2.57. The van der Waals surface area contributed by atoms with Gasteiger partial charge in [0.25, 0.3) is 0 Å². The van der Waals surface area contributed by atoms with Crippen LogP contribution in [0.25, 0.3) is 0 Å². The fourth-order valence-corrected chi connectivity index (χ4v) is 8.44. The molecule has 0 aromatic carbocycles. The maximum atomic E-state index is 10.3. The van der Waals surface area contributed by atoms with E-state index in [9.17, 15) is 5.11 Å². The van der Waals surface area contributed by atoms with E-state index in [2.05, 4.69) is 54.2 Å². The van der Waals surface area contributed by atoms with Crippen LogP contribution in [0.15, 0.2) is 23.8 Å². The van der Waals surface area contributed by atoms with Gasteiger partial charge in [-0.15, -0.1) is 0 Å². The minimum absolute atomic E-state index is 0.0496. The van der Waals surface area contributed by atoms with E-state index in [1.807, 2.05) is 5.57 Å². The van der Waals surface area contributed by atoms with Crippen molar-refractivity contribution < 1.29 is 5.11 Å². The number of rotatable bonds is 4. The van der Waals surface area contributed by atoms with E-state index in [0.29, 0.717) is 16.7 Å². The Morgan fingerprint density at radius 2 is 1.77 bits per heavy atom. The highest BCUT2D eigenvalue weighted by atomic mass is 16.3. The van der Waals surface area contributed by atoms with Crippen LogP contribution in [0, 0.1) is 45.8 Å². The molecule has 0 radical (unpaired) electrons. The van der Waals surface area contributed by atoms with Gasteiger partial charge in [0.2, 0.25) is 0 Å². The smallest absolute Gasteiger partial charge is 0.0543 e. The predicted octanol–water partition coefficient (Wildman–Crippen LogP) is 7.94. The largest absolute Gasteiger partial charge is 0.393 e. The van der Waals surface area contributed by atoms with Gasteiger partial charge in [-0.3, -0.25) is 0 Å². The summed E-state index contributed by atoms with van der Waals surface area (Å²) in [5, 5.41) is 10.3. The second kappa shape index (κ2) is 7.79. The van der Waals surface area contributed by atoms with E-state index >= 15 is 0 Å². The molecule has 0 bridgehead atoms. The second-order valence-electron chi connectivity index (χ2n) is 13.3. The summed E-state index contributed by atoms with van der Waals surface area (Å²) in [6, 6.07) is 0. The van der Waals surface area contributed by atoms with Crippen molar-refractivity contribution in [2.24, 2.45) is 45.8 Å². The minimum Gasteiger partial charge on any atom is -0.393 e. The lowest BCUT2D eigenvalue weighted by atomic mass is 9.47. The molecule has 1 N–H and O–H groups in total. The monoisotopic (exact) mass is 412 g/mol. The summed E-state index contributed by atoms with van der Waals surface area (Å²) in [5.74, 6) is 3.98. The molecule has 1 nitrogen and oxygen atoms in total. The Labute approximate surface area is 186 Å². The molecule has 0 spiro atoms. The molecular weight excluding hydrogens is 364 g/mol. The van der Waals surface area contributed by atoms with Gasteiger partial charge >= 0.3 is 0 Å². The zero-order valence-electron chi connectivity index (χ0n) is 20.8. The first-order valence-electron chi connectivity index (χ1n) is 13.0. The zero-order valence-corrected chi connectivity index (χ0v) is 20.8. The molecule has 4 rings (SSSR count). The van der Waals surface area contributed by atoms with E-state index in [4.69, 9.17) is 0 Å². The van der Waals surface area contributed by atoms with Crippen LogP contribution in [0.1, 0.15) is 106 Å². The average molecular weight is 413 g/mol. The van der Waals surface area contributed by atoms with Crippen LogP contribution in [0.4, 0.5) is 0 Å². The van der Waals surface area contributed by atoms with Crippen LogP contribution in [-0.2, 0) is 0 Å². The summed E-state index contributed by atoms with van der Waals surface area (Å²) in [6.07, 6.45) is 15.3. The Kier molecular flexibility index (Phi) is 5.87. The zero-order chi connectivity index (χ0) is 21.9. The number of fused-ring (bicyclic) bond motifs is 5. The molecule has 3 saturated carbocycles. The SMILES string of the molecule is C=C(CC[C@@H](C)[C@H]1CC[C@H]2C3=CCC4CC(O)CC[C@]4(C)[C@H]3CC[C@]12C)C(C)(C)C. The fraction of sp³-hybridized carbons (Fsp3) is 0.862. The molecule has 0 aromatic rings. The molecule has 0 saturated heterocycles. The van der Waals surface area contributed by atoms with Crippen molar-refractivity contribution in [3.05, 3.63) is 23.8 Å². The van der Waals surface area contributed by atoms with Gasteiger partial charge in [0.1, 0.15) is 0 Å². The van der Waals surface area contributed by atoms with E-state index in [-0.39, 0.29) is 11.5 Å². The van der Waals surface area contributed by atoms with Gasteiger partial charge in [-0.05, 0) is 110 Å². The first-order valence-corrected chi connectivity index (χ1v) is 13.0.